The van der Waals surface area contributed by atoms with Crippen LogP contribution >= 0.6 is 17.0 Å². The SMILES string of the molecule is Br.CC(=N)C(=N)[CH2][Ni]. The van der Waals surface area contributed by atoms with Gasteiger partial charge in [-0.25, -0.2) is 0 Å². The van der Waals surface area contributed by atoms with Gasteiger partial charge in [0.15, 0.2) is 0 Å². The number of rotatable bonds is 2. The number of nitrogens with one attached hydrogen (secondary N) is 2. The van der Waals surface area contributed by atoms with Crippen LogP contribution in [-0.4, -0.2) is 11.4 Å². The molecule has 0 bridgehead atoms. The Morgan fingerprint density at radius 3 is 1.88 bits per heavy atom. The first-order valence-electron chi connectivity index (χ1n) is 1.83. The zero-order chi connectivity index (χ0) is 5.86. The summed E-state index contributed by atoms with van der Waals surface area (Å²) in [7, 11) is 0. The van der Waals surface area contributed by atoms with Crippen LogP contribution in [0, 0.1) is 10.8 Å². The summed E-state index contributed by atoms with van der Waals surface area (Å²) >= 11 is 4.22. The van der Waals surface area contributed by atoms with E-state index in [-0.39, 0.29) is 28.4 Å². The molecule has 0 heterocycles. The van der Waals surface area contributed by atoms with Crippen molar-refractivity contribution in [3.63, 3.8) is 0 Å². The van der Waals surface area contributed by atoms with E-state index in [1.165, 1.54) is 0 Å². The Morgan fingerprint density at radius 2 is 1.88 bits per heavy atom. The van der Waals surface area contributed by atoms with Crippen LogP contribution in [0.1, 0.15) is 6.92 Å². The van der Waals surface area contributed by atoms with Gasteiger partial charge in [0, 0.05) is 0 Å². The van der Waals surface area contributed by atoms with Crippen LogP contribution < -0.4 is 0 Å². The molecular weight excluding hydrogens is 215 g/mol. The van der Waals surface area contributed by atoms with E-state index in [1.807, 2.05) is 0 Å². The summed E-state index contributed by atoms with van der Waals surface area (Å²) in [4.78, 5) is 0. The minimum atomic E-state index is 0. The molecule has 0 rings (SSSR count). The first kappa shape index (κ1) is 11.2. The molecule has 0 spiro atoms. The van der Waals surface area contributed by atoms with Gasteiger partial charge >= 0.3 is 50.0 Å². The fraction of sp³-hybridized carbons (Fsp3) is 0.500. The summed E-state index contributed by atoms with van der Waals surface area (Å²) in [6, 6.07) is 0. The average Bonchev–Trinajstić information content (AvgIpc) is 1.65. The summed E-state index contributed by atoms with van der Waals surface area (Å²) in [5.41, 5.74) is 0.547. The second-order valence-corrected chi connectivity index (χ2v) is 1.56. The van der Waals surface area contributed by atoms with Gasteiger partial charge in [-0.05, 0) is 0 Å². The summed E-state index contributed by atoms with van der Waals surface area (Å²) in [5, 5.41) is 14.0. The molecule has 0 aromatic rings. The van der Waals surface area contributed by atoms with Crippen molar-refractivity contribution in [2.75, 3.05) is 0 Å². The van der Waals surface area contributed by atoms with Crippen LogP contribution in [0.15, 0.2) is 0 Å². The Labute approximate surface area is 67.2 Å². The third-order valence-corrected chi connectivity index (χ3v) is 0.914. The standard InChI is InChI=1S/C4H7N2.BrH.Ni/c1-3(5)4(2)6;;/h5-6H,1H2,2H3;1H;. The van der Waals surface area contributed by atoms with Crippen molar-refractivity contribution in [3.8, 4) is 0 Å². The summed E-state index contributed by atoms with van der Waals surface area (Å²) < 4.78 is 0. The molecule has 0 radical (unpaired) electrons. The molecule has 0 aliphatic carbocycles. The Hall–Kier alpha value is 0.314. The Kier molecular flexibility index (Phi) is 7.60. The molecule has 0 saturated heterocycles. The molecule has 0 unspecified atom stereocenters. The molecule has 0 aliphatic heterocycles. The van der Waals surface area contributed by atoms with Gasteiger partial charge in [-0.2, -0.15) is 0 Å². The molecule has 0 atom stereocenters. The Balaban J connectivity index is 0. The second-order valence-electron chi connectivity index (χ2n) is 1.22. The van der Waals surface area contributed by atoms with Gasteiger partial charge < -0.3 is 0 Å². The van der Waals surface area contributed by atoms with E-state index in [9.17, 15) is 0 Å². The van der Waals surface area contributed by atoms with E-state index in [4.69, 9.17) is 10.8 Å². The molecule has 2 N–H and O–H groups in total. The van der Waals surface area contributed by atoms with E-state index in [1.54, 1.807) is 6.92 Å². The normalized spacial score (nSPS) is 7.38. The third-order valence-electron chi connectivity index (χ3n) is 0.564. The molecule has 2 nitrogen and oxygen atoms in total. The predicted octanol–water partition coefficient (Wildman–Crippen LogP) is 1.59. The predicted molar refractivity (Wildman–Crippen MR) is 36.3 cm³/mol. The zero-order valence-electron chi connectivity index (χ0n) is 4.43. The van der Waals surface area contributed by atoms with Crippen LogP contribution in [0.3, 0.4) is 0 Å². The zero-order valence-corrected chi connectivity index (χ0v) is 7.13. The van der Waals surface area contributed by atoms with Crippen LogP contribution in [0.2, 0.25) is 5.39 Å². The van der Waals surface area contributed by atoms with Gasteiger partial charge in [-0.15, -0.1) is 17.0 Å². The summed E-state index contributed by atoms with van der Waals surface area (Å²) in [6.07, 6.45) is 0. The molecule has 0 amide bonds. The van der Waals surface area contributed by atoms with Crippen molar-refractivity contribution in [3.05, 3.63) is 0 Å². The van der Waals surface area contributed by atoms with Crippen LogP contribution in [0.25, 0.3) is 0 Å². The summed E-state index contributed by atoms with van der Waals surface area (Å²) in [6.45, 7) is 1.57. The maximum absolute atomic E-state index is 6.87. The van der Waals surface area contributed by atoms with E-state index in [0.29, 0.717) is 5.39 Å². The molecule has 8 heavy (non-hydrogen) atoms. The van der Waals surface area contributed by atoms with Crippen LogP contribution in [-0.2, 0) is 15.5 Å². The minimum absolute atomic E-state index is 0. The Bertz CT molecular complexity index is 102. The second kappa shape index (κ2) is 5.45. The van der Waals surface area contributed by atoms with Gasteiger partial charge in [-0.1, -0.05) is 0 Å². The third kappa shape index (κ3) is 4.47. The monoisotopic (exact) mass is 221 g/mol. The molecule has 0 saturated carbocycles. The van der Waals surface area contributed by atoms with Gasteiger partial charge in [0.1, 0.15) is 0 Å². The van der Waals surface area contributed by atoms with Crippen molar-refractivity contribution in [2.24, 2.45) is 0 Å². The average molecular weight is 223 g/mol. The van der Waals surface area contributed by atoms with Crippen molar-refractivity contribution in [2.45, 2.75) is 12.3 Å². The molecule has 0 aliphatic rings. The number of halogens is 1. The van der Waals surface area contributed by atoms with Gasteiger partial charge in [0.25, 0.3) is 0 Å². The topological polar surface area (TPSA) is 47.7 Å². The van der Waals surface area contributed by atoms with Crippen molar-refractivity contribution < 1.29 is 15.5 Å². The number of hydrogen-bond acceptors (Lipinski definition) is 2. The van der Waals surface area contributed by atoms with E-state index < -0.39 is 0 Å². The van der Waals surface area contributed by atoms with Gasteiger partial charge in [-0.3, -0.25) is 0 Å². The maximum atomic E-state index is 6.87. The van der Waals surface area contributed by atoms with Gasteiger partial charge in [0.05, 0.1) is 0 Å². The van der Waals surface area contributed by atoms with E-state index in [2.05, 4.69) is 15.5 Å². The number of hydrogen-bond donors (Lipinski definition) is 2. The Morgan fingerprint density at radius 1 is 1.50 bits per heavy atom. The summed E-state index contributed by atoms with van der Waals surface area (Å²) in [5.74, 6) is 0. The van der Waals surface area contributed by atoms with Crippen molar-refractivity contribution in [1.29, 1.82) is 10.8 Å². The molecule has 0 fully saturated rings. The molecule has 0 aromatic heterocycles. The molecule has 4 heteroatoms. The van der Waals surface area contributed by atoms with E-state index in [0.717, 1.165) is 0 Å². The quantitative estimate of drug-likeness (QED) is 0.527. The van der Waals surface area contributed by atoms with E-state index >= 15 is 0 Å². The molecule has 51 valence electrons. The first-order valence-corrected chi connectivity index (χ1v) is 2.53. The fourth-order valence-electron chi connectivity index (χ4n) is 0.0839. The van der Waals surface area contributed by atoms with Crippen LogP contribution in [0.4, 0.5) is 0 Å². The molecular formula is C4H8BrN2Ni. The fourth-order valence-corrected chi connectivity index (χ4v) is 0.346. The van der Waals surface area contributed by atoms with Crippen molar-refractivity contribution in [1.82, 2.24) is 0 Å². The van der Waals surface area contributed by atoms with Crippen LogP contribution in [0.5, 0.6) is 0 Å². The molecule has 0 aromatic carbocycles. The van der Waals surface area contributed by atoms with Crippen molar-refractivity contribution >= 4 is 28.4 Å². The first-order chi connectivity index (χ1) is 3.18. The van der Waals surface area contributed by atoms with Gasteiger partial charge in [0.2, 0.25) is 0 Å².